The summed E-state index contributed by atoms with van der Waals surface area (Å²) in [5, 5.41) is 0.436. The van der Waals surface area contributed by atoms with E-state index in [2.05, 4.69) is 4.72 Å². The lowest BCUT2D eigenvalue weighted by Crippen LogP contribution is -2.38. The van der Waals surface area contributed by atoms with Gasteiger partial charge in [0.2, 0.25) is 20.0 Å². The van der Waals surface area contributed by atoms with Gasteiger partial charge in [0.15, 0.2) is 0 Å². The van der Waals surface area contributed by atoms with Crippen molar-refractivity contribution in [2.75, 3.05) is 39.6 Å². The van der Waals surface area contributed by atoms with Crippen LogP contribution in [0.3, 0.4) is 0 Å². The van der Waals surface area contributed by atoms with E-state index >= 15 is 0 Å². The fourth-order valence-corrected chi connectivity index (χ4v) is 3.86. The van der Waals surface area contributed by atoms with E-state index in [4.69, 9.17) is 16.3 Å². The van der Waals surface area contributed by atoms with Crippen LogP contribution in [-0.2, 0) is 24.8 Å². The molecule has 23 heavy (non-hydrogen) atoms. The molecular weight excluding hydrogens is 364 g/mol. The van der Waals surface area contributed by atoms with E-state index in [1.54, 1.807) is 0 Å². The van der Waals surface area contributed by atoms with Gasteiger partial charge >= 0.3 is 0 Å². The fraction of sp³-hybridized carbons (Fsp3) is 0.538. The van der Waals surface area contributed by atoms with Crippen LogP contribution in [-0.4, -0.2) is 60.7 Å². The number of nitrogens with zero attached hydrogens (tertiary/aromatic N) is 1. The molecule has 0 atom stereocenters. The van der Waals surface area contributed by atoms with Crippen LogP contribution in [0.15, 0.2) is 29.2 Å². The van der Waals surface area contributed by atoms with Gasteiger partial charge in [-0.05, 0) is 30.7 Å². The number of ether oxygens (including phenoxy) is 1. The summed E-state index contributed by atoms with van der Waals surface area (Å²) in [6.45, 7) is 0.734. The maximum atomic E-state index is 12.1. The van der Waals surface area contributed by atoms with Crippen molar-refractivity contribution in [2.45, 2.75) is 11.3 Å². The van der Waals surface area contributed by atoms with E-state index in [1.165, 1.54) is 35.7 Å². The summed E-state index contributed by atoms with van der Waals surface area (Å²) < 4.78 is 56.0. The maximum absolute atomic E-state index is 12.1. The van der Waals surface area contributed by atoms with E-state index in [-0.39, 0.29) is 24.5 Å². The highest BCUT2D eigenvalue weighted by Crippen LogP contribution is 2.13. The van der Waals surface area contributed by atoms with Crippen LogP contribution >= 0.6 is 11.6 Å². The maximum Gasteiger partial charge on any atom is 0.240 e. The second-order valence-electron chi connectivity index (χ2n) is 4.86. The van der Waals surface area contributed by atoms with Gasteiger partial charge in [0.25, 0.3) is 0 Å². The van der Waals surface area contributed by atoms with Gasteiger partial charge in [0.05, 0.1) is 11.2 Å². The van der Waals surface area contributed by atoms with Crippen LogP contribution in [0.25, 0.3) is 0 Å². The number of nitrogens with one attached hydrogen (secondary N) is 1. The van der Waals surface area contributed by atoms with E-state index in [0.29, 0.717) is 18.1 Å². The molecular formula is C13H21ClN2O5S2. The van der Waals surface area contributed by atoms with E-state index in [0.717, 1.165) is 6.26 Å². The summed E-state index contributed by atoms with van der Waals surface area (Å²) >= 11 is 5.72. The fourth-order valence-electron chi connectivity index (χ4n) is 1.83. The highest BCUT2D eigenvalue weighted by Gasteiger charge is 2.18. The van der Waals surface area contributed by atoms with E-state index in [9.17, 15) is 16.8 Å². The molecule has 1 aromatic rings. The molecule has 1 aromatic carbocycles. The highest BCUT2D eigenvalue weighted by atomic mass is 35.5. The summed E-state index contributed by atoms with van der Waals surface area (Å²) in [7, 11) is -5.57. The number of methoxy groups -OCH3 is 1. The second kappa shape index (κ2) is 8.95. The zero-order valence-electron chi connectivity index (χ0n) is 13.0. The van der Waals surface area contributed by atoms with Crippen molar-refractivity contribution in [2.24, 2.45) is 0 Å². The quantitative estimate of drug-likeness (QED) is 0.605. The van der Waals surface area contributed by atoms with Crippen molar-refractivity contribution in [3.05, 3.63) is 29.3 Å². The largest absolute Gasteiger partial charge is 0.385 e. The Labute approximate surface area is 142 Å². The van der Waals surface area contributed by atoms with Crippen molar-refractivity contribution in [1.82, 2.24) is 9.03 Å². The van der Waals surface area contributed by atoms with Gasteiger partial charge in [-0.15, -0.1) is 0 Å². The first-order chi connectivity index (χ1) is 10.7. The Morgan fingerprint density at radius 2 is 1.74 bits per heavy atom. The molecule has 0 radical (unpaired) electrons. The van der Waals surface area contributed by atoms with Crippen LogP contribution in [0, 0.1) is 0 Å². The molecule has 0 aliphatic rings. The van der Waals surface area contributed by atoms with Gasteiger partial charge in [-0.3, -0.25) is 0 Å². The number of sulfonamides is 2. The third-order valence-electron chi connectivity index (χ3n) is 3.00. The minimum absolute atomic E-state index is 0.0228. The highest BCUT2D eigenvalue weighted by molar-refractivity contribution is 7.89. The van der Waals surface area contributed by atoms with Crippen LogP contribution in [0.2, 0.25) is 5.02 Å². The summed E-state index contributed by atoms with van der Waals surface area (Å²) in [5.41, 5.74) is 0. The molecule has 0 aromatic heterocycles. The molecule has 0 unspecified atom stereocenters. The first-order valence-electron chi connectivity index (χ1n) is 6.86. The van der Waals surface area contributed by atoms with Gasteiger partial charge in [0.1, 0.15) is 0 Å². The standard InChI is InChI=1S/C13H21ClN2O5S2/c1-21-11-3-9-16(22(2,17)18)10-8-15-23(19,20)13-6-4-12(14)5-7-13/h4-7,15H,3,8-11H2,1-2H3. The molecule has 7 nitrogen and oxygen atoms in total. The van der Waals surface area contributed by atoms with Gasteiger partial charge < -0.3 is 4.74 Å². The normalized spacial score (nSPS) is 12.7. The van der Waals surface area contributed by atoms with Crippen molar-refractivity contribution in [3.63, 3.8) is 0 Å². The van der Waals surface area contributed by atoms with Crippen molar-refractivity contribution < 1.29 is 21.6 Å². The number of hydrogen-bond acceptors (Lipinski definition) is 5. The Balaban J connectivity index is 2.62. The third kappa shape index (κ3) is 7.15. The second-order valence-corrected chi connectivity index (χ2v) is 9.05. The zero-order valence-corrected chi connectivity index (χ0v) is 15.4. The first-order valence-corrected chi connectivity index (χ1v) is 10.6. The number of halogens is 1. The average Bonchev–Trinajstić information content (AvgIpc) is 2.45. The molecule has 1 rings (SSSR count). The lowest BCUT2D eigenvalue weighted by Gasteiger charge is -2.20. The Bertz CT molecular complexity index is 690. The van der Waals surface area contributed by atoms with Crippen molar-refractivity contribution >= 4 is 31.6 Å². The molecule has 0 saturated carbocycles. The molecule has 10 heteroatoms. The lowest BCUT2D eigenvalue weighted by molar-refractivity contribution is 0.187. The number of hydrogen-bond donors (Lipinski definition) is 1. The van der Waals surface area contributed by atoms with E-state index < -0.39 is 20.0 Å². The topological polar surface area (TPSA) is 92.8 Å². The molecule has 0 bridgehead atoms. The number of benzene rings is 1. The van der Waals surface area contributed by atoms with Gasteiger partial charge in [-0.1, -0.05) is 11.6 Å². The predicted molar refractivity (Wildman–Crippen MR) is 89.6 cm³/mol. The smallest absolute Gasteiger partial charge is 0.240 e. The zero-order chi connectivity index (χ0) is 17.5. The summed E-state index contributed by atoms with van der Waals surface area (Å²) in [6, 6.07) is 5.72. The molecule has 1 N–H and O–H groups in total. The van der Waals surface area contributed by atoms with Crippen LogP contribution in [0.5, 0.6) is 0 Å². The summed E-state index contributed by atoms with van der Waals surface area (Å²) in [6.07, 6.45) is 1.63. The Morgan fingerprint density at radius 1 is 1.13 bits per heavy atom. The molecule has 132 valence electrons. The molecule has 0 saturated heterocycles. The van der Waals surface area contributed by atoms with Crippen LogP contribution in [0.1, 0.15) is 6.42 Å². The van der Waals surface area contributed by atoms with Crippen LogP contribution < -0.4 is 4.72 Å². The Kier molecular flexibility index (Phi) is 7.91. The summed E-state index contributed by atoms with van der Waals surface area (Å²) in [4.78, 5) is 0.0761. The van der Waals surface area contributed by atoms with E-state index in [1.807, 2.05) is 0 Å². The monoisotopic (exact) mass is 384 g/mol. The molecule has 0 amide bonds. The molecule has 0 heterocycles. The van der Waals surface area contributed by atoms with Gasteiger partial charge in [-0.2, -0.15) is 0 Å². The van der Waals surface area contributed by atoms with Crippen LogP contribution in [0.4, 0.5) is 0 Å². The molecule has 0 fully saturated rings. The minimum Gasteiger partial charge on any atom is -0.385 e. The number of rotatable bonds is 10. The Hall–Kier alpha value is -0.710. The van der Waals surface area contributed by atoms with Crippen molar-refractivity contribution in [3.8, 4) is 0 Å². The summed E-state index contributed by atoms with van der Waals surface area (Å²) in [5.74, 6) is 0. The first kappa shape index (κ1) is 20.3. The Morgan fingerprint density at radius 3 is 2.26 bits per heavy atom. The van der Waals surface area contributed by atoms with Gasteiger partial charge in [0, 0.05) is 38.4 Å². The third-order valence-corrected chi connectivity index (χ3v) is 6.03. The molecule has 0 aliphatic carbocycles. The van der Waals surface area contributed by atoms with Crippen molar-refractivity contribution in [1.29, 1.82) is 0 Å². The SMILES string of the molecule is COCCCN(CCNS(=O)(=O)c1ccc(Cl)cc1)S(C)(=O)=O. The lowest BCUT2D eigenvalue weighted by atomic mass is 10.4. The average molecular weight is 385 g/mol. The molecule has 0 aliphatic heterocycles. The van der Waals surface area contributed by atoms with Gasteiger partial charge in [-0.25, -0.2) is 25.9 Å². The minimum atomic E-state index is -3.70. The predicted octanol–water partition coefficient (Wildman–Crippen LogP) is 0.916. The molecule has 0 spiro atoms.